The first-order valence-corrected chi connectivity index (χ1v) is 13.3. The average Bonchev–Trinajstić information content (AvgIpc) is 3.25. The molecule has 0 spiro atoms. The third-order valence-corrected chi connectivity index (χ3v) is 7.16. The van der Waals surface area contributed by atoms with Crippen LogP contribution in [0, 0.1) is 0 Å². The van der Waals surface area contributed by atoms with Crippen molar-refractivity contribution in [3.8, 4) is 28.1 Å². The first kappa shape index (κ1) is 25.0. The van der Waals surface area contributed by atoms with Gasteiger partial charge in [-0.05, 0) is 45.3 Å². The Bertz CT molecular complexity index is 1600. The van der Waals surface area contributed by atoms with E-state index in [0.717, 1.165) is 37.8 Å². The van der Waals surface area contributed by atoms with Gasteiger partial charge in [0.05, 0.1) is 16.4 Å². The number of hydrogen-bond donors (Lipinski definition) is 2. The second-order valence-electron chi connectivity index (χ2n) is 8.49. The second kappa shape index (κ2) is 11.2. The SMILES string of the molecule is O=C(CCn1c(-c2ccccc2)c(-c2ccccc2)c2ccccc21)N/N=C\c1cc(Br)cc(Br)c1O. The Morgan fingerprint density at radius 2 is 1.54 bits per heavy atom. The molecule has 0 aliphatic carbocycles. The van der Waals surface area contributed by atoms with E-state index in [1.807, 2.05) is 48.5 Å². The standard InChI is InChI=1S/C30H23Br2N3O2/c31-23-17-22(30(37)25(32)18-23)19-33-34-27(36)15-16-35-26-14-8-7-13-24(26)28(20-9-3-1-4-10-20)29(35)21-11-5-2-6-12-21/h1-14,17-19,37H,15-16H2,(H,34,36)/b33-19-. The molecule has 7 heteroatoms. The van der Waals surface area contributed by atoms with Gasteiger partial charge in [-0.25, -0.2) is 5.43 Å². The Morgan fingerprint density at radius 3 is 2.27 bits per heavy atom. The molecule has 2 N–H and O–H groups in total. The molecule has 5 aromatic rings. The number of halogens is 2. The molecule has 1 aromatic heterocycles. The lowest BCUT2D eigenvalue weighted by atomic mass is 9.98. The lowest BCUT2D eigenvalue weighted by Gasteiger charge is -2.13. The number of carbonyl (C=O) groups is 1. The van der Waals surface area contributed by atoms with Gasteiger partial charge in [-0.2, -0.15) is 5.10 Å². The zero-order valence-electron chi connectivity index (χ0n) is 19.7. The number of carbonyl (C=O) groups excluding carboxylic acids is 1. The number of phenolic OH excluding ortho intramolecular Hbond substituents is 1. The maximum absolute atomic E-state index is 12.8. The van der Waals surface area contributed by atoms with Gasteiger partial charge in [0.25, 0.3) is 0 Å². The van der Waals surface area contributed by atoms with Crippen molar-refractivity contribution in [2.45, 2.75) is 13.0 Å². The van der Waals surface area contributed by atoms with Gasteiger partial charge in [-0.3, -0.25) is 4.79 Å². The second-order valence-corrected chi connectivity index (χ2v) is 10.3. The summed E-state index contributed by atoms with van der Waals surface area (Å²) in [5.41, 5.74) is 8.59. The monoisotopic (exact) mass is 615 g/mol. The van der Waals surface area contributed by atoms with E-state index in [0.29, 0.717) is 16.6 Å². The summed E-state index contributed by atoms with van der Waals surface area (Å²) in [6.45, 7) is 0.479. The number of rotatable bonds is 7. The molecule has 184 valence electrons. The van der Waals surface area contributed by atoms with Crippen LogP contribution in [0.3, 0.4) is 0 Å². The number of hydrazone groups is 1. The van der Waals surface area contributed by atoms with E-state index in [2.05, 4.69) is 83.4 Å². The fraction of sp³-hybridized carbons (Fsp3) is 0.0667. The molecule has 1 heterocycles. The summed E-state index contributed by atoms with van der Waals surface area (Å²) in [5.74, 6) is -0.163. The molecule has 5 rings (SSSR count). The topological polar surface area (TPSA) is 66.6 Å². The quantitative estimate of drug-likeness (QED) is 0.145. The lowest BCUT2D eigenvalue weighted by Crippen LogP contribution is -2.19. The largest absolute Gasteiger partial charge is 0.506 e. The Morgan fingerprint density at radius 1 is 0.892 bits per heavy atom. The van der Waals surface area contributed by atoms with Gasteiger partial charge in [0.2, 0.25) is 5.91 Å². The van der Waals surface area contributed by atoms with Gasteiger partial charge in [0.15, 0.2) is 0 Å². The molecule has 0 aliphatic rings. The number of amides is 1. The smallest absolute Gasteiger partial charge is 0.241 e. The van der Waals surface area contributed by atoms with Crippen molar-refractivity contribution in [3.05, 3.63) is 112 Å². The highest BCUT2D eigenvalue weighted by molar-refractivity contribution is 9.11. The van der Waals surface area contributed by atoms with E-state index in [4.69, 9.17) is 0 Å². The third kappa shape index (κ3) is 5.38. The fourth-order valence-corrected chi connectivity index (χ4v) is 5.71. The molecule has 0 bridgehead atoms. The summed E-state index contributed by atoms with van der Waals surface area (Å²) >= 11 is 6.69. The molecule has 0 atom stereocenters. The van der Waals surface area contributed by atoms with Gasteiger partial charge >= 0.3 is 0 Å². The highest BCUT2D eigenvalue weighted by atomic mass is 79.9. The highest BCUT2D eigenvalue weighted by Gasteiger charge is 2.20. The number of para-hydroxylation sites is 1. The van der Waals surface area contributed by atoms with E-state index >= 15 is 0 Å². The number of phenols is 1. The molecule has 0 saturated heterocycles. The molecule has 0 fully saturated rings. The highest BCUT2D eigenvalue weighted by Crippen LogP contribution is 2.41. The van der Waals surface area contributed by atoms with Gasteiger partial charge in [-0.1, -0.05) is 94.8 Å². The zero-order valence-corrected chi connectivity index (χ0v) is 22.9. The predicted molar refractivity (Wildman–Crippen MR) is 157 cm³/mol. The van der Waals surface area contributed by atoms with Crippen LogP contribution in [0.1, 0.15) is 12.0 Å². The van der Waals surface area contributed by atoms with E-state index in [9.17, 15) is 9.90 Å². The molecule has 4 aromatic carbocycles. The Hall–Kier alpha value is -3.68. The summed E-state index contributed by atoms with van der Waals surface area (Å²) in [6, 6.07) is 32.4. The number of aromatic nitrogens is 1. The van der Waals surface area contributed by atoms with Gasteiger partial charge in [0.1, 0.15) is 5.75 Å². The predicted octanol–water partition coefficient (Wildman–Crippen LogP) is 7.75. The normalized spacial score (nSPS) is 11.3. The van der Waals surface area contributed by atoms with Crippen LogP contribution >= 0.6 is 31.9 Å². The number of nitrogens with one attached hydrogen (secondary N) is 1. The van der Waals surface area contributed by atoms with Crippen LogP contribution in [0.4, 0.5) is 0 Å². The van der Waals surface area contributed by atoms with Crippen molar-refractivity contribution in [1.82, 2.24) is 9.99 Å². The molecule has 0 aliphatic heterocycles. The number of fused-ring (bicyclic) bond motifs is 1. The first-order chi connectivity index (χ1) is 18.0. The molecular weight excluding hydrogens is 594 g/mol. The van der Waals surface area contributed by atoms with Crippen molar-refractivity contribution in [2.75, 3.05) is 0 Å². The summed E-state index contributed by atoms with van der Waals surface area (Å²) in [6.07, 6.45) is 1.66. The molecule has 37 heavy (non-hydrogen) atoms. The molecule has 0 radical (unpaired) electrons. The maximum atomic E-state index is 12.8. The number of benzene rings is 4. The molecule has 1 amide bonds. The summed E-state index contributed by atoms with van der Waals surface area (Å²) in [5, 5.41) is 15.4. The molecular formula is C30H23Br2N3O2. The molecule has 0 saturated carbocycles. The summed E-state index contributed by atoms with van der Waals surface area (Å²) < 4.78 is 3.54. The number of nitrogens with zero attached hydrogens (tertiary/aromatic N) is 2. The minimum Gasteiger partial charge on any atom is -0.506 e. The molecule has 0 unspecified atom stereocenters. The van der Waals surface area contributed by atoms with E-state index in [1.165, 1.54) is 6.21 Å². The Kier molecular flexibility index (Phi) is 7.53. The van der Waals surface area contributed by atoms with Crippen LogP contribution in [-0.4, -0.2) is 21.8 Å². The lowest BCUT2D eigenvalue weighted by molar-refractivity contribution is -0.121. The number of aryl methyl sites for hydroxylation is 1. The van der Waals surface area contributed by atoms with Gasteiger partial charge < -0.3 is 9.67 Å². The minimum absolute atomic E-state index is 0.0564. The van der Waals surface area contributed by atoms with E-state index < -0.39 is 0 Å². The Labute approximate surface area is 231 Å². The van der Waals surface area contributed by atoms with Crippen molar-refractivity contribution in [2.24, 2.45) is 5.10 Å². The van der Waals surface area contributed by atoms with Crippen molar-refractivity contribution in [3.63, 3.8) is 0 Å². The maximum Gasteiger partial charge on any atom is 0.241 e. The minimum atomic E-state index is -0.220. The van der Waals surface area contributed by atoms with Gasteiger partial charge in [0, 0.05) is 39.5 Å². The van der Waals surface area contributed by atoms with Crippen LogP contribution in [0.25, 0.3) is 33.3 Å². The first-order valence-electron chi connectivity index (χ1n) is 11.7. The summed E-state index contributed by atoms with van der Waals surface area (Å²) in [4.78, 5) is 12.8. The van der Waals surface area contributed by atoms with Crippen LogP contribution in [0.2, 0.25) is 0 Å². The third-order valence-electron chi connectivity index (χ3n) is 6.09. The van der Waals surface area contributed by atoms with Crippen LogP contribution in [-0.2, 0) is 11.3 Å². The average molecular weight is 617 g/mol. The van der Waals surface area contributed by atoms with Crippen molar-refractivity contribution >= 4 is 54.9 Å². The van der Waals surface area contributed by atoms with Crippen LogP contribution < -0.4 is 5.43 Å². The van der Waals surface area contributed by atoms with E-state index in [1.54, 1.807) is 12.1 Å². The van der Waals surface area contributed by atoms with Crippen molar-refractivity contribution < 1.29 is 9.90 Å². The van der Waals surface area contributed by atoms with Crippen LogP contribution in [0.15, 0.2) is 111 Å². The van der Waals surface area contributed by atoms with Gasteiger partial charge in [-0.15, -0.1) is 0 Å². The van der Waals surface area contributed by atoms with E-state index in [-0.39, 0.29) is 18.1 Å². The Balaban J connectivity index is 1.46. The van der Waals surface area contributed by atoms with Crippen LogP contribution in [0.5, 0.6) is 5.75 Å². The molecule has 5 nitrogen and oxygen atoms in total. The van der Waals surface area contributed by atoms with Crippen molar-refractivity contribution in [1.29, 1.82) is 0 Å². The summed E-state index contributed by atoms with van der Waals surface area (Å²) in [7, 11) is 0. The zero-order chi connectivity index (χ0) is 25.8. The fourth-order valence-electron chi connectivity index (χ4n) is 4.46. The number of aromatic hydroxyl groups is 1. The number of hydrogen-bond acceptors (Lipinski definition) is 3.